The first-order valence-corrected chi connectivity index (χ1v) is 14.3. The van der Waals surface area contributed by atoms with Crippen LogP contribution in [0.15, 0.2) is 60.2 Å². The van der Waals surface area contributed by atoms with Crippen molar-refractivity contribution in [3.63, 3.8) is 0 Å². The van der Waals surface area contributed by atoms with Gasteiger partial charge in [0.25, 0.3) is 0 Å². The van der Waals surface area contributed by atoms with E-state index in [1.807, 2.05) is 58.3 Å². The van der Waals surface area contributed by atoms with Crippen LogP contribution in [0.2, 0.25) is 0 Å². The van der Waals surface area contributed by atoms with Crippen molar-refractivity contribution in [2.45, 2.75) is 38.0 Å². The molecule has 41 heavy (non-hydrogen) atoms. The number of urea groups is 1. The monoisotopic (exact) mass is 560 g/mol. The van der Waals surface area contributed by atoms with Crippen molar-refractivity contribution in [3.8, 4) is 5.75 Å². The molecular formula is C31H36N4O6. The first-order valence-electron chi connectivity index (χ1n) is 14.3. The zero-order valence-corrected chi connectivity index (χ0v) is 23.1. The summed E-state index contributed by atoms with van der Waals surface area (Å²) in [6, 6.07) is 17.4. The molecule has 0 unspecified atom stereocenters. The highest BCUT2D eigenvalue weighted by molar-refractivity contribution is 5.79. The van der Waals surface area contributed by atoms with E-state index in [-0.39, 0.29) is 42.7 Å². The van der Waals surface area contributed by atoms with Crippen molar-refractivity contribution in [2.24, 2.45) is 5.41 Å². The number of amides is 4. The Bertz CT molecular complexity index is 1300. The number of benzene rings is 2. The fraction of sp³-hybridized carbons (Fsp3) is 0.452. The molecule has 1 spiro atoms. The number of nitrogens with one attached hydrogen (secondary N) is 2. The van der Waals surface area contributed by atoms with Crippen molar-refractivity contribution < 1.29 is 28.6 Å². The number of alkyl carbamates (subject to hydrolysis) is 1. The van der Waals surface area contributed by atoms with Crippen molar-refractivity contribution in [1.29, 1.82) is 0 Å². The summed E-state index contributed by atoms with van der Waals surface area (Å²) < 4.78 is 16.6. The highest BCUT2D eigenvalue weighted by atomic mass is 16.5. The number of hydrogen-bond donors (Lipinski definition) is 2. The molecule has 10 heteroatoms. The predicted octanol–water partition coefficient (Wildman–Crippen LogP) is 3.18. The van der Waals surface area contributed by atoms with Gasteiger partial charge in [-0.1, -0.05) is 54.1 Å². The van der Waals surface area contributed by atoms with Crippen LogP contribution in [-0.2, 0) is 20.9 Å². The van der Waals surface area contributed by atoms with E-state index >= 15 is 0 Å². The number of fused-ring (bicyclic) bond motifs is 1. The summed E-state index contributed by atoms with van der Waals surface area (Å²) in [5, 5.41) is 5.67. The van der Waals surface area contributed by atoms with Crippen LogP contribution in [-0.4, -0.2) is 85.9 Å². The number of hydrogen-bond acceptors (Lipinski definition) is 6. The zero-order chi connectivity index (χ0) is 28.2. The minimum Gasteiger partial charge on any atom is -0.492 e. The molecule has 3 heterocycles. The van der Waals surface area contributed by atoms with Crippen LogP contribution in [0.1, 0.15) is 30.4 Å². The second kappa shape index (κ2) is 11.8. The third-order valence-electron chi connectivity index (χ3n) is 8.20. The number of nitrogens with zero attached hydrogens (tertiary/aromatic N) is 2. The van der Waals surface area contributed by atoms with Crippen LogP contribution < -0.4 is 15.4 Å². The molecule has 1 saturated carbocycles. The standard InChI is InChI=1S/C31H36N4O6/c36-28-19-40-27-9-11-34(17-26(27)33-28)30(38)35-20-31(21-35)15-24(16-31)13-23-7-4-8-25(14-23)39-12-10-32-29(37)41-18-22-5-2-1-3-6-22/h1-8,13-14,26-27H,9-12,15-21H2,(H,32,37)(H,33,36)/t26-,27+/m1/s1. The molecule has 10 nitrogen and oxygen atoms in total. The third-order valence-corrected chi connectivity index (χ3v) is 8.20. The summed E-state index contributed by atoms with van der Waals surface area (Å²) in [5.74, 6) is 0.639. The molecule has 216 valence electrons. The predicted molar refractivity (Wildman–Crippen MR) is 151 cm³/mol. The van der Waals surface area contributed by atoms with Crippen molar-refractivity contribution in [3.05, 3.63) is 71.3 Å². The molecule has 2 aromatic carbocycles. The van der Waals surface area contributed by atoms with Gasteiger partial charge in [-0.15, -0.1) is 0 Å². The van der Waals surface area contributed by atoms with Gasteiger partial charge < -0.3 is 34.6 Å². The average Bonchev–Trinajstić information content (AvgIpc) is 2.95. The topological polar surface area (TPSA) is 109 Å². The molecule has 2 N–H and O–H groups in total. The lowest BCUT2D eigenvalue weighted by Gasteiger charge is -2.58. The maximum absolute atomic E-state index is 13.1. The highest BCUT2D eigenvalue weighted by Gasteiger charge is 2.52. The van der Waals surface area contributed by atoms with Gasteiger partial charge in [-0.2, -0.15) is 0 Å². The van der Waals surface area contributed by atoms with Gasteiger partial charge in [-0.25, -0.2) is 9.59 Å². The van der Waals surface area contributed by atoms with Gasteiger partial charge >= 0.3 is 12.1 Å². The number of piperidine rings is 1. The number of likely N-dealkylation sites (tertiary alicyclic amines) is 2. The van der Waals surface area contributed by atoms with Gasteiger partial charge in [0, 0.05) is 31.6 Å². The largest absolute Gasteiger partial charge is 0.492 e. The number of carbonyl (C=O) groups excluding carboxylic acids is 3. The molecule has 2 atom stereocenters. The van der Waals surface area contributed by atoms with E-state index in [9.17, 15) is 14.4 Å². The van der Waals surface area contributed by atoms with Crippen LogP contribution >= 0.6 is 0 Å². The summed E-state index contributed by atoms with van der Waals surface area (Å²) in [6.07, 6.45) is 4.48. The Morgan fingerprint density at radius 3 is 2.76 bits per heavy atom. The van der Waals surface area contributed by atoms with E-state index in [0.717, 1.165) is 49.2 Å². The molecule has 4 fully saturated rings. The quantitative estimate of drug-likeness (QED) is 0.504. The molecule has 6 rings (SSSR count). The summed E-state index contributed by atoms with van der Waals surface area (Å²) in [6.45, 7) is 3.76. The van der Waals surface area contributed by atoms with E-state index in [0.29, 0.717) is 26.2 Å². The lowest BCUT2D eigenvalue weighted by atomic mass is 9.60. The second-order valence-corrected chi connectivity index (χ2v) is 11.5. The van der Waals surface area contributed by atoms with E-state index in [4.69, 9.17) is 14.2 Å². The molecule has 0 radical (unpaired) electrons. The van der Waals surface area contributed by atoms with Crippen molar-refractivity contribution in [1.82, 2.24) is 20.4 Å². The fourth-order valence-corrected chi connectivity index (χ4v) is 6.24. The van der Waals surface area contributed by atoms with Gasteiger partial charge in [0.15, 0.2) is 0 Å². The Morgan fingerprint density at radius 1 is 1.10 bits per heavy atom. The summed E-state index contributed by atoms with van der Waals surface area (Å²) in [4.78, 5) is 40.4. The summed E-state index contributed by atoms with van der Waals surface area (Å²) >= 11 is 0. The first kappa shape index (κ1) is 27.1. The lowest BCUT2D eigenvalue weighted by molar-refractivity contribution is -0.140. The number of morpholine rings is 1. The SMILES string of the molecule is O=C1CO[C@H]2CCN(C(=O)N3CC4(CC(=Cc5cccc(OCCNC(=O)OCc6ccccc6)c5)C4)C3)C[C@H]2N1. The minimum atomic E-state index is -0.469. The molecule has 4 aliphatic rings. The van der Waals surface area contributed by atoms with Gasteiger partial charge in [0.1, 0.15) is 25.6 Å². The van der Waals surface area contributed by atoms with Gasteiger partial charge in [-0.3, -0.25) is 4.79 Å². The average molecular weight is 561 g/mol. The molecule has 4 amide bonds. The van der Waals surface area contributed by atoms with Crippen LogP contribution in [0.5, 0.6) is 5.75 Å². The Kier molecular flexibility index (Phi) is 7.82. The van der Waals surface area contributed by atoms with Crippen LogP contribution in [0.25, 0.3) is 6.08 Å². The molecule has 0 aromatic heterocycles. The smallest absolute Gasteiger partial charge is 0.407 e. The molecule has 1 aliphatic carbocycles. The summed E-state index contributed by atoms with van der Waals surface area (Å²) in [5.41, 5.74) is 3.58. The molecule has 3 aliphatic heterocycles. The maximum Gasteiger partial charge on any atom is 0.407 e. The number of ether oxygens (including phenoxy) is 3. The number of carbonyl (C=O) groups is 3. The molecule has 3 saturated heterocycles. The fourth-order valence-electron chi connectivity index (χ4n) is 6.24. The lowest BCUT2D eigenvalue weighted by Crippen LogP contribution is -2.67. The second-order valence-electron chi connectivity index (χ2n) is 11.5. The number of allylic oxidation sites excluding steroid dienone is 1. The Labute approximate surface area is 239 Å². The van der Waals surface area contributed by atoms with Crippen LogP contribution in [0.4, 0.5) is 9.59 Å². The van der Waals surface area contributed by atoms with E-state index < -0.39 is 6.09 Å². The van der Waals surface area contributed by atoms with Crippen molar-refractivity contribution >= 4 is 24.1 Å². The Hall–Kier alpha value is -4.05. The van der Waals surface area contributed by atoms with E-state index in [1.54, 1.807) is 0 Å². The first-order chi connectivity index (χ1) is 19.9. The van der Waals surface area contributed by atoms with Crippen molar-refractivity contribution in [2.75, 3.05) is 45.9 Å². The normalized spacial score (nSPS) is 22.5. The van der Waals surface area contributed by atoms with E-state index in [2.05, 4.69) is 22.8 Å². The Balaban J connectivity index is 0.901. The Morgan fingerprint density at radius 2 is 1.93 bits per heavy atom. The molecular weight excluding hydrogens is 524 g/mol. The van der Waals surface area contributed by atoms with Gasteiger partial charge in [0.05, 0.1) is 18.7 Å². The maximum atomic E-state index is 13.1. The molecule has 0 bridgehead atoms. The number of rotatable bonds is 7. The summed E-state index contributed by atoms with van der Waals surface area (Å²) in [7, 11) is 0. The minimum absolute atomic E-state index is 0.00773. The molecule has 2 aromatic rings. The zero-order valence-electron chi connectivity index (χ0n) is 23.1. The highest BCUT2D eigenvalue weighted by Crippen LogP contribution is 2.52. The van der Waals surface area contributed by atoms with Crippen LogP contribution in [0, 0.1) is 5.41 Å². The van der Waals surface area contributed by atoms with Gasteiger partial charge in [-0.05, 0) is 42.5 Å². The third kappa shape index (κ3) is 6.48. The van der Waals surface area contributed by atoms with Gasteiger partial charge in [0.2, 0.25) is 5.91 Å². The van der Waals surface area contributed by atoms with Crippen LogP contribution in [0.3, 0.4) is 0 Å². The van der Waals surface area contributed by atoms with E-state index in [1.165, 1.54) is 5.57 Å².